The van der Waals surface area contributed by atoms with Crippen molar-refractivity contribution in [1.29, 1.82) is 0 Å². The average molecular weight is 1030 g/mol. The van der Waals surface area contributed by atoms with Crippen LogP contribution in [-0.4, -0.2) is 143 Å². The number of amides is 7. The summed E-state index contributed by atoms with van der Waals surface area (Å²) < 4.78 is 0. The molecule has 0 bridgehead atoms. The summed E-state index contributed by atoms with van der Waals surface area (Å²) in [5.74, 6) is -1.38. The van der Waals surface area contributed by atoms with Gasteiger partial charge in [-0.3, -0.25) is 33.6 Å². The fourth-order valence-corrected chi connectivity index (χ4v) is 9.98. The highest BCUT2D eigenvalue weighted by Gasteiger charge is 2.41. The summed E-state index contributed by atoms with van der Waals surface area (Å²) in [5, 5.41) is 35.7. The van der Waals surface area contributed by atoms with E-state index in [4.69, 9.17) is 10.8 Å². The van der Waals surface area contributed by atoms with Crippen LogP contribution in [0, 0.1) is 11.8 Å². The number of aromatic hydroxyl groups is 1. The molecule has 10 N–H and O–H groups in total. The molecule has 0 spiro atoms. The highest BCUT2D eigenvalue weighted by molar-refractivity contribution is 5.97. The van der Waals surface area contributed by atoms with Gasteiger partial charge in [0.25, 0.3) is 0 Å². The Hall–Kier alpha value is -4.81. The van der Waals surface area contributed by atoms with Crippen LogP contribution < -0.4 is 37.6 Å². The second-order valence-corrected chi connectivity index (χ2v) is 21.0. The van der Waals surface area contributed by atoms with Crippen molar-refractivity contribution in [3.8, 4) is 5.75 Å². The monoisotopic (exact) mass is 1030 g/mol. The maximum Gasteiger partial charge on any atom is 0.245 e. The minimum atomic E-state index is -1.09. The Morgan fingerprint density at radius 1 is 0.712 bits per heavy atom. The second kappa shape index (κ2) is 34.6. The number of fused-ring (bicyclic) bond motifs is 2. The van der Waals surface area contributed by atoms with Crippen LogP contribution in [0.2, 0.25) is 0 Å². The SMILES string of the molecule is CCC(C)CC(C)CCCCCCCCC(=O)NC1CCCNC(=O)C2CCCN2C(=O)C(CCCNC(C)C)NC(=O)C(CCc2ccc(O)cc2)NC(=O)C2CCCN2C(=O)C(CC)NC1=O.NCCO. The molecule has 414 valence electrons. The van der Waals surface area contributed by atoms with E-state index in [1.54, 1.807) is 36.1 Å². The number of phenolic OH excluding ortho intramolecular Hbond substituents is 1. The molecule has 18 nitrogen and oxygen atoms in total. The van der Waals surface area contributed by atoms with E-state index in [0.29, 0.717) is 77.4 Å². The highest BCUT2D eigenvalue weighted by Crippen LogP contribution is 2.24. The first kappa shape index (κ1) is 62.5. The topological polar surface area (TPSA) is 265 Å². The predicted molar refractivity (Wildman–Crippen MR) is 285 cm³/mol. The number of phenols is 1. The number of carbonyl (C=O) groups is 7. The number of aliphatic hydroxyl groups is 1. The van der Waals surface area contributed by atoms with Gasteiger partial charge < -0.3 is 57.6 Å². The minimum absolute atomic E-state index is 0.0948. The first-order chi connectivity index (χ1) is 35.0. The van der Waals surface area contributed by atoms with E-state index in [9.17, 15) is 38.7 Å². The number of nitrogens with one attached hydrogen (secondary N) is 6. The first-order valence-electron chi connectivity index (χ1n) is 27.9. The lowest BCUT2D eigenvalue weighted by Gasteiger charge is -2.31. The number of aryl methyl sites for hydroxylation is 1. The second-order valence-electron chi connectivity index (χ2n) is 21.0. The number of unbranched alkanes of at least 4 members (excludes halogenated alkanes) is 5. The first-order valence-corrected chi connectivity index (χ1v) is 27.9. The van der Waals surface area contributed by atoms with Crippen molar-refractivity contribution in [2.45, 2.75) is 219 Å². The lowest BCUT2D eigenvalue weighted by atomic mass is 9.91. The Morgan fingerprint density at radius 2 is 1.30 bits per heavy atom. The Morgan fingerprint density at radius 3 is 1.92 bits per heavy atom. The van der Waals surface area contributed by atoms with Crippen LogP contribution in [0.3, 0.4) is 0 Å². The van der Waals surface area contributed by atoms with Gasteiger partial charge in [-0.05, 0) is 120 Å². The molecule has 0 radical (unpaired) electrons. The van der Waals surface area contributed by atoms with E-state index < -0.39 is 59.9 Å². The Labute approximate surface area is 436 Å². The number of nitrogens with two attached hydrogens (primary N) is 1. The summed E-state index contributed by atoms with van der Waals surface area (Å²) in [4.78, 5) is 102. The van der Waals surface area contributed by atoms with Gasteiger partial charge in [-0.25, -0.2) is 0 Å². The van der Waals surface area contributed by atoms with Crippen LogP contribution >= 0.6 is 0 Å². The van der Waals surface area contributed by atoms with Crippen molar-refractivity contribution >= 4 is 41.4 Å². The molecule has 0 aromatic heterocycles. The molecule has 1 aromatic rings. The van der Waals surface area contributed by atoms with Crippen molar-refractivity contribution in [2.75, 3.05) is 39.3 Å². The largest absolute Gasteiger partial charge is 0.508 e. The van der Waals surface area contributed by atoms with E-state index in [1.807, 2.05) is 13.8 Å². The third-order valence-corrected chi connectivity index (χ3v) is 14.4. The molecule has 1 aromatic carbocycles. The van der Waals surface area contributed by atoms with Crippen molar-refractivity contribution in [2.24, 2.45) is 17.6 Å². The summed E-state index contributed by atoms with van der Waals surface area (Å²) >= 11 is 0. The molecular weight excluding hydrogens is 931 g/mol. The molecule has 7 amide bonds. The van der Waals surface area contributed by atoms with Gasteiger partial charge in [0.2, 0.25) is 41.4 Å². The fraction of sp³-hybridized carbons (Fsp3) is 0.764. The van der Waals surface area contributed by atoms with Gasteiger partial charge in [-0.2, -0.15) is 0 Å². The van der Waals surface area contributed by atoms with Gasteiger partial charge in [0, 0.05) is 38.6 Å². The number of nitrogens with zero attached hydrogens (tertiary/aromatic N) is 2. The minimum Gasteiger partial charge on any atom is -0.508 e. The number of hydrogen-bond acceptors (Lipinski definition) is 11. The number of benzene rings is 1. The smallest absolute Gasteiger partial charge is 0.245 e. The zero-order chi connectivity index (χ0) is 53.7. The molecule has 4 rings (SSSR count). The average Bonchev–Trinajstić information content (AvgIpc) is 4.08. The molecule has 3 heterocycles. The third-order valence-electron chi connectivity index (χ3n) is 14.4. The van der Waals surface area contributed by atoms with Gasteiger partial charge in [-0.15, -0.1) is 0 Å². The molecule has 3 aliphatic rings. The molecule has 8 unspecified atom stereocenters. The van der Waals surface area contributed by atoms with E-state index in [0.717, 1.165) is 36.7 Å². The molecule has 3 saturated heterocycles. The number of hydrogen-bond donors (Lipinski definition) is 9. The Bertz CT molecular complexity index is 1830. The van der Waals surface area contributed by atoms with Gasteiger partial charge in [-0.1, -0.05) is 98.6 Å². The number of rotatable bonds is 23. The number of aliphatic hydroxyl groups excluding tert-OH is 1. The number of carbonyl (C=O) groups excluding carboxylic acids is 7. The Balaban J connectivity index is 0.00000338. The van der Waals surface area contributed by atoms with Crippen LogP contribution in [0.25, 0.3) is 0 Å². The maximum absolute atomic E-state index is 14.5. The third kappa shape index (κ3) is 22.7. The van der Waals surface area contributed by atoms with E-state index in [-0.39, 0.29) is 74.9 Å². The maximum atomic E-state index is 14.5. The van der Waals surface area contributed by atoms with Crippen molar-refractivity contribution in [1.82, 2.24) is 41.7 Å². The molecular formula is C55H95N9O9. The lowest BCUT2D eigenvalue weighted by Crippen LogP contribution is -2.59. The zero-order valence-corrected chi connectivity index (χ0v) is 45.3. The molecule has 0 saturated carbocycles. The standard InChI is InChI=1S/C53H88N8O8.C2H7NO/c1-7-37(5)35-38(6)19-13-11-9-10-12-14-24-47(63)56-42-20-15-32-55-50(66)45-22-17-33-60(45)53(69)44(21-16-31-54-36(3)4)59-49(65)43(30-27-39-25-28-40(62)29-26-39)58-51(67)46-23-18-34-61(46)52(68)41(8-2)57-48(42)64;3-1-2-4/h25-26,28-29,36-38,41-46,54,62H,7-24,27,30-35H2,1-6H3,(H,55,66)(H,56,63)(H,57,64)(H,58,67)(H,59,65);4H,1-3H2. The van der Waals surface area contributed by atoms with Crippen molar-refractivity contribution in [3.63, 3.8) is 0 Å². The zero-order valence-electron chi connectivity index (χ0n) is 45.3. The molecule has 8 atom stereocenters. The summed E-state index contributed by atoms with van der Waals surface area (Å²) in [5.41, 5.74) is 5.60. The summed E-state index contributed by atoms with van der Waals surface area (Å²) in [6.07, 6.45) is 14.3. The molecule has 73 heavy (non-hydrogen) atoms. The van der Waals surface area contributed by atoms with Gasteiger partial charge in [0.1, 0.15) is 42.0 Å². The highest BCUT2D eigenvalue weighted by atomic mass is 16.3. The van der Waals surface area contributed by atoms with Gasteiger partial charge in [0.05, 0.1) is 6.61 Å². The summed E-state index contributed by atoms with van der Waals surface area (Å²) in [6.45, 7) is 14.6. The quantitative estimate of drug-likeness (QED) is 0.0691. The van der Waals surface area contributed by atoms with E-state index in [1.165, 1.54) is 37.0 Å². The van der Waals surface area contributed by atoms with Crippen LogP contribution in [0.4, 0.5) is 0 Å². The van der Waals surface area contributed by atoms with Crippen LogP contribution in [-0.2, 0) is 40.0 Å². The van der Waals surface area contributed by atoms with Gasteiger partial charge >= 0.3 is 0 Å². The molecule has 3 aliphatic heterocycles. The fourth-order valence-electron chi connectivity index (χ4n) is 9.98. The van der Waals surface area contributed by atoms with Crippen LogP contribution in [0.5, 0.6) is 5.75 Å². The normalized spacial score (nSPS) is 23.5. The molecule has 0 aliphatic carbocycles. The molecule has 3 fully saturated rings. The van der Waals surface area contributed by atoms with E-state index >= 15 is 0 Å². The summed E-state index contributed by atoms with van der Waals surface area (Å²) in [7, 11) is 0. The van der Waals surface area contributed by atoms with E-state index in [2.05, 4.69) is 52.7 Å². The van der Waals surface area contributed by atoms with Crippen molar-refractivity contribution < 1.29 is 43.8 Å². The Kier molecular flexibility index (Phi) is 29.6. The van der Waals surface area contributed by atoms with Gasteiger partial charge in [0.15, 0.2) is 0 Å². The van der Waals surface area contributed by atoms with Crippen LogP contribution in [0.1, 0.15) is 176 Å². The molecule has 18 heteroatoms. The lowest BCUT2D eigenvalue weighted by molar-refractivity contribution is -0.143. The summed E-state index contributed by atoms with van der Waals surface area (Å²) in [6, 6.07) is 1.11. The predicted octanol–water partition coefficient (Wildman–Crippen LogP) is 4.47. The van der Waals surface area contributed by atoms with Crippen molar-refractivity contribution in [3.05, 3.63) is 29.8 Å². The van der Waals surface area contributed by atoms with Crippen LogP contribution in [0.15, 0.2) is 24.3 Å².